The van der Waals surface area contributed by atoms with Crippen LogP contribution in [0.5, 0.6) is 5.75 Å². The molecule has 25 heavy (non-hydrogen) atoms. The van der Waals surface area contributed by atoms with E-state index in [-0.39, 0.29) is 0 Å². The highest BCUT2D eigenvalue weighted by atomic mass is 35.5. The van der Waals surface area contributed by atoms with E-state index in [1.54, 1.807) is 35.2 Å². The van der Waals surface area contributed by atoms with Crippen LogP contribution in [0.2, 0.25) is 5.02 Å². The van der Waals surface area contributed by atoms with Crippen molar-refractivity contribution < 1.29 is 9.53 Å². The van der Waals surface area contributed by atoms with Gasteiger partial charge in [0.15, 0.2) is 0 Å². The van der Waals surface area contributed by atoms with Crippen molar-refractivity contribution in [3.8, 4) is 16.3 Å². The van der Waals surface area contributed by atoms with E-state index in [0.29, 0.717) is 5.75 Å². The summed E-state index contributed by atoms with van der Waals surface area (Å²) in [5.41, 5.74) is 2.03. The molecular weight excluding hydrogens is 376 g/mol. The number of amides is 1. The third-order valence-electron chi connectivity index (χ3n) is 3.27. The Hall–Kier alpha value is -2.02. The summed E-state index contributed by atoms with van der Waals surface area (Å²) in [5.74, 6) is 1.30. The Morgan fingerprint density at radius 3 is 2.60 bits per heavy atom. The van der Waals surface area contributed by atoms with Crippen LogP contribution < -0.4 is 10.1 Å². The zero-order chi connectivity index (χ0) is 17.6. The maximum atomic E-state index is 11.2. The molecule has 0 atom stereocenters. The maximum absolute atomic E-state index is 11.2. The molecule has 1 aromatic heterocycles. The number of thiazole rings is 1. The van der Waals surface area contributed by atoms with Crippen molar-refractivity contribution in [1.82, 2.24) is 10.3 Å². The summed E-state index contributed by atoms with van der Waals surface area (Å²) in [7, 11) is 1.52. The lowest BCUT2D eigenvalue weighted by molar-refractivity contribution is 0.203. The highest BCUT2D eigenvalue weighted by molar-refractivity contribution is 7.98. The lowest BCUT2D eigenvalue weighted by Crippen LogP contribution is -2.21. The van der Waals surface area contributed by atoms with Gasteiger partial charge in [0.1, 0.15) is 10.8 Å². The fourth-order valence-electron chi connectivity index (χ4n) is 2.02. The minimum absolute atomic E-state index is 0.483. The van der Waals surface area contributed by atoms with E-state index in [2.05, 4.69) is 15.7 Å². The van der Waals surface area contributed by atoms with Gasteiger partial charge >= 0.3 is 6.09 Å². The molecule has 0 aliphatic heterocycles. The number of hydrogen-bond donors (Lipinski definition) is 1. The van der Waals surface area contributed by atoms with Crippen LogP contribution in [0.1, 0.15) is 5.69 Å². The Morgan fingerprint density at radius 2 is 1.92 bits per heavy atom. The highest BCUT2D eigenvalue weighted by Gasteiger charge is 2.07. The molecule has 1 N–H and O–H groups in total. The number of halogens is 1. The first-order valence-corrected chi connectivity index (χ1v) is 9.71. The van der Waals surface area contributed by atoms with E-state index in [9.17, 15) is 4.79 Å². The summed E-state index contributed by atoms with van der Waals surface area (Å²) in [5, 5.41) is 6.16. The normalized spacial score (nSPS) is 10.5. The van der Waals surface area contributed by atoms with Gasteiger partial charge in [-0.25, -0.2) is 9.78 Å². The quantitative estimate of drug-likeness (QED) is 0.586. The average Bonchev–Trinajstić information content (AvgIpc) is 3.11. The van der Waals surface area contributed by atoms with Crippen LogP contribution in [0.25, 0.3) is 10.6 Å². The molecule has 0 radical (unpaired) electrons. The second-order valence-corrected chi connectivity index (χ2v) is 7.39. The van der Waals surface area contributed by atoms with Crippen LogP contribution in [0, 0.1) is 0 Å². The van der Waals surface area contributed by atoms with Crippen molar-refractivity contribution in [2.24, 2.45) is 0 Å². The molecule has 0 spiro atoms. The zero-order valence-electron chi connectivity index (χ0n) is 13.4. The Bertz CT molecular complexity index is 848. The number of nitrogens with one attached hydrogen (secondary N) is 1. The average molecular weight is 391 g/mol. The number of thioether (sulfide) groups is 1. The van der Waals surface area contributed by atoms with Gasteiger partial charge in [0, 0.05) is 33.7 Å². The molecule has 7 heteroatoms. The van der Waals surface area contributed by atoms with Gasteiger partial charge in [0.25, 0.3) is 0 Å². The first-order chi connectivity index (χ1) is 12.1. The van der Waals surface area contributed by atoms with Crippen LogP contribution >= 0.6 is 34.7 Å². The van der Waals surface area contributed by atoms with Crippen LogP contribution in [0.15, 0.2) is 58.8 Å². The minimum Gasteiger partial charge on any atom is -0.410 e. The smallest absolute Gasteiger partial charge is 0.410 e. The van der Waals surface area contributed by atoms with Crippen molar-refractivity contribution in [3.05, 3.63) is 64.6 Å². The summed E-state index contributed by atoms with van der Waals surface area (Å²) in [6.45, 7) is 0. The number of hydrogen-bond acceptors (Lipinski definition) is 5. The van der Waals surface area contributed by atoms with E-state index in [0.717, 1.165) is 31.9 Å². The predicted molar refractivity (Wildman–Crippen MR) is 104 cm³/mol. The SMILES string of the molecule is CNC(=O)Oc1ccc(-c2nc(CSc3ccc(Cl)cc3)cs2)cc1. The summed E-state index contributed by atoms with van der Waals surface area (Å²) in [6, 6.07) is 15.1. The largest absolute Gasteiger partial charge is 0.412 e. The van der Waals surface area contributed by atoms with Gasteiger partial charge in [-0.15, -0.1) is 23.1 Å². The lowest BCUT2D eigenvalue weighted by atomic mass is 10.2. The first-order valence-electron chi connectivity index (χ1n) is 7.47. The van der Waals surface area contributed by atoms with E-state index in [1.165, 1.54) is 7.05 Å². The summed E-state index contributed by atoms with van der Waals surface area (Å²) < 4.78 is 5.08. The number of carbonyl (C=O) groups excluding carboxylic acids is 1. The fourth-order valence-corrected chi connectivity index (χ4v) is 3.87. The molecule has 2 aromatic carbocycles. The summed E-state index contributed by atoms with van der Waals surface area (Å²) in [4.78, 5) is 17.0. The van der Waals surface area contributed by atoms with Crippen molar-refractivity contribution in [1.29, 1.82) is 0 Å². The van der Waals surface area contributed by atoms with Crippen LogP contribution in [-0.2, 0) is 5.75 Å². The van der Waals surface area contributed by atoms with Crippen LogP contribution in [-0.4, -0.2) is 18.1 Å². The molecular formula is C18H15ClN2O2S2. The number of aromatic nitrogens is 1. The predicted octanol–water partition coefficient (Wildman–Crippen LogP) is 5.47. The van der Waals surface area contributed by atoms with Crippen molar-refractivity contribution in [3.63, 3.8) is 0 Å². The molecule has 3 aromatic rings. The summed E-state index contributed by atoms with van der Waals surface area (Å²) in [6.07, 6.45) is -0.483. The number of nitrogens with zero attached hydrogens (tertiary/aromatic N) is 1. The summed E-state index contributed by atoms with van der Waals surface area (Å²) >= 11 is 9.22. The number of benzene rings is 2. The second kappa shape index (κ2) is 8.38. The van der Waals surface area contributed by atoms with Gasteiger partial charge in [-0.2, -0.15) is 0 Å². The van der Waals surface area contributed by atoms with Crippen LogP contribution in [0.3, 0.4) is 0 Å². The minimum atomic E-state index is -0.483. The molecule has 0 bridgehead atoms. The van der Waals surface area contributed by atoms with Gasteiger partial charge in [0.2, 0.25) is 0 Å². The van der Waals surface area contributed by atoms with Gasteiger partial charge in [-0.3, -0.25) is 0 Å². The van der Waals surface area contributed by atoms with Crippen molar-refractivity contribution in [2.75, 3.05) is 7.05 Å². The molecule has 0 saturated carbocycles. The van der Waals surface area contributed by atoms with E-state index >= 15 is 0 Å². The van der Waals surface area contributed by atoms with E-state index in [1.807, 2.05) is 36.4 Å². The third-order valence-corrected chi connectivity index (χ3v) is 5.51. The molecule has 3 rings (SSSR count). The van der Waals surface area contributed by atoms with Crippen molar-refractivity contribution in [2.45, 2.75) is 10.6 Å². The van der Waals surface area contributed by atoms with E-state index in [4.69, 9.17) is 16.3 Å². The first kappa shape index (κ1) is 17.8. The number of ether oxygens (including phenoxy) is 1. The highest BCUT2D eigenvalue weighted by Crippen LogP contribution is 2.29. The van der Waals surface area contributed by atoms with Crippen LogP contribution in [0.4, 0.5) is 4.79 Å². The molecule has 0 saturated heterocycles. The topological polar surface area (TPSA) is 51.2 Å². The molecule has 0 fully saturated rings. The lowest BCUT2D eigenvalue weighted by Gasteiger charge is -2.03. The number of rotatable bonds is 5. The van der Waals surface area contributed by atoms with Gasteiger partial charge in [-0.05, 0) is 48.5 Å². The molecule has 128 valence electrons. The Morgan fingerprint density at radius 1 is 1.20 bits per heavy atom. The van der Waals surface area contributed by atoms with Crippen molar-refractivity contribution >= 4 is 40.8 Å². The van der Waals surface area contributed by atoms with E-state index < -0.39 is 6.09 Å². The Labute approximate surface area is 159 Å². The molecule has 0 aliphatic rings. The molecule has 4 nitrogen and oxygen atoms in total. The third kappa shape index (κ3) is 4.98. The molecule has 1 amide bonds. The second-order valence-electron chi connectivity index (χ2n) is 5.05. The number of carbonyl (C=O) groups is 1. The molecule has 0 unspecified atom stereocenters. The zero-order valence-corrected chi connectivity index (χ0v) is 15.8. The Balaban J connectivity index is 1.62. The van der Waals surface area contributed by atoms with Gasteiger partial charge < -0.3 is 10.1 Å². The molecule has 1 heterocycles. The standard InChI is InChI=1S/C18H15ClN2O2S2/c1-20-18(22)23-15-6-2-12(3-7-15)17-21-14(11-25-17)10-24-16-8-4-13(19)5-9-16/h2-9,11H,10H2,1H3,(H,20,22). The Kier molecular flexibility index (Phi) is 5.96. The fraction of sp³-hybridized carbons (Fsp3) is 0.111. The monoisotopic (exact) mass is 390 g/mol. The van der Waals surface area contributed by atoms with Gasteiger partial charge in [-0.1, -0.05) is 11.6 Å². The maximum Gasteiger partial charge on any atom is 0.412 e. The van der Waals surface area contributed by atoms with Gasteiger partial charge in [0.05, 0.1) is 5.69 Å². The molecule has 0 aliphatic carbocycles.